The summed E-state index contributed by atoms with van der Waals surface area (Å²) in [5.41, 5.74) is 0.663. The molecule has 2 heterocycles. The van der Waals surface area contributed by atoms with Crippen molar-refractivity contribution in [3.63, 3.8) is 0 Å². The van der Waals surface area contributed by atoms with Crippen LogP contribution < -0.4 is 5.32 Å². The van der Waals surface area contributed by atoms with Crippen molar-refractivity contribution < 1.29 is 4.79 Å². The van der Waals surface area contributed by atoms with Gasteiger partial charge in [-0.1, -0.05) is 18.0 Å². The first-order valence-corrected chi connectivity index (χ1v) is 8.32. The molecule has 2 atom stereocenters. The molecule has 1 amide bonds. The molecule has 2 fully saturated rings. The summed E-state index contributed by atoms with van der Waals surface area (Å²) < 4.78 is 0.762. The Morgan fingerprint density at radius 1 is 1.30 bits per heavy atom. The summed E-state index contributed by atoms with van der Waals surface area (Å²) in [6.07, 6.45) is 4.84. The predicted molar refractivity (Wildman–Crippen MR) is 84.2 cm³/mol. The minimum absolute atomic E-state index is 0.000194. The van der Waals surface area contributed by atoms with Crippen molar-refractivity contribution in [3.8, 4) is 0 Å². The molecule has 20 heavy (non-hydrogen) atoms. The van der Waals surface area contributed by atoms with Crippen molar-refractivity contribution in [1.82, 2.24) is 10.2 Å². The highest BCUT2D eigenvalue weighted by molar-refractivity contribution is 9.10. The molecule has 3 nitrogen and oxygen atoms in total. The topological polar surface area (TPSA) is 32.3 Å². The highest BCUT2D eigenvalue weighted by Gasteiger charge is 2.36. The van der Waals surface area contributed by atoms with E-state index in [-0.39, 0.29) is 11.9 Å². The number of halogens is 2. The minimum Gasteiger partial charge on any atom is -0.348 e. The Hall–Kier alpha value is -0.580. The van der Waals surface area contributed by atoms with Crippen LogP contribution in [0.25, 0.3) is 0 Å². The van der Waals surface area contributed by atoms with E-state index >= 15 is 0 Å². The van der Waals surface area contributed by atoms with Crippen LogP contribution in [0.15, 0.2) is 22.7 Å². The van der Waals surface area contributed by atoms with Gasteiger partial charge in [-0.2, -0.15) is 0 Å². The van der Waals surface area contributed by atoms with Crippen LogP contribution in [0.2, 0.25) is 5.02 Å². The molecular formula is C15H18BrClN2O. The Morgan fingerprint density at radius 3 is 2.95 bits per heavy atom. The average molecular weight is 358 g/mol. The van der Waals surface area contributed by atoms with Crippen molar-refractivity contribution in [1.29, 1.82) is 0 Å². The lowest BCUT2D eigenvalue weighted by atomic mass is 9.99. The minimum atomic E-state index is -0.000194. The van der Waals surface area contributed by atoms with Gasteiger partial charge in [-0.05, 0) is 59.9 Å². The summed E-state index contributed by atoms with van der Waals surface area (Å²) in [6.45, 7) is 2.30. The Morgan fingerprint density at radius 2 is 2.15 bits per heavy atom. The van der Waals surface area contributed by atoms with Gasteiger partial charge in [0.25, 0.3) is 5.91 Å². The van der Waals surface area contributed by atoms with Gasteiger partial charge in [0.2, 0.25) is 0 Å². The molecule has 0 saturated carbocycles. The number of carbonyl (C=O) groups excluding carboxylic acids is 1. The van der Waals surface area contributed by atoms with E-state index in [1.54, 1.807) is 18.2 Å². The number of piperidine rings is 1. The van der Waals surface area contributed by atoms with Crippen LogP contribution in [0, 0.1) is 0 Å². The first kappa shape index (κ1) is 14.4. The molecule has 0 aromatic heterocycles. The van der Waals surface area contributed by atoms with Gasteiger partial charge in [0.1, 0.15) is 0 Å². The summed E-state index contributed by atoms with van der Waals surface area (Å²) in [5, 5.41) is 3.82. The molecule has 1 aromatic carbocycles. The molecule has 1 N–H and O–H groups in total. The van der Waals surface area contributed by atoms with Crippen LogP contribution in [0.3, 0.4) is 0 Å². The fourth-order valence-electron chi connectivity index (χ4n) is 3.30. The standard InChI is InChI=1S/C15H18BrClN2O/c16-11-9-10(4-5-12(11)17)15(20)18-13-6-8-19-7-2-1-3-14(13)19/h4-5,9,13-14H,1-3,6-8H2,(H,18,20). The maximum atomic E-state index is 12.3. The Kier molecular flexibility index (Phi) is 4.34. The third-order valence-corrected chi connectivity index (χ3v) is 5.57. The van der Waals surface area contributed by atoms with Crippen LogP contribution in [0.1, 0.15) is 36.0 Å². The fraction of sp³-hybridized carbons (Fsp3) is 0.533. The summed E-state index contributed by atoms with van der Waals surface area (Å²) in [5.74, 6) is -0.000194. The molecule has 2 unspecified atom stereocenters. The smallest absolute Gasteiger partial charge is 0.251 e. The van der Waals surface area contributed by atoms with Crippen LogP contribution in [0.5, 0.6) is 0 Å². The molecule has 2 aliphatic rings. The second-order valence-corrected chi connectivity index (χ2v) is 6.86. The van der Waals surface area contributed by atoms with Gasteiger partial charge in [-0.3, -0.25) is 9.69 Å². The third kappa shape index (κ3) is 2.87. The maximum Gasteiger partial charge on any atom is 0.251 e. The van der Waals surface area contributed by atoms with E-state index in [2.05, 4.69) is 26.1 Å². The molecule has 0 spiro atoms. The number of carbonyl (C=O) groups is 1. The predicted octanol–water partition coefficient (Wildman–Crippen LogP) is 3.46. The number of benzene rings is 1. The second kappa shape index (κ2) is 6.04. The molecule has 2 saturated heterocycles. The Bertz CT molecular complexity index is 523. The Labute approximate surface area is 132 Å². The first-order valence-electron chi connectivity index (χ1n) is 7.15. The van der Waals surface area contributed by atoms with Crippen molar-refractivity contribution in [3.05, 3.63) is 33.3 Å². The lowest BCUT2D eigenvalue weighted by Crippen LogP contribution is -2.46. The first-order chi connectivity index (χ1) is 9.65. The fourth-order valence-corrected chi connectivity index (χ4v) is 3.80. The summed E-state index contributed by atoms with van der Waals surface area (Å²) in [4.78, 5) is 14.9. The largest absolute Gasteiger partial charge is 0.348 e. The monoisotopic (exact) mass is 356 g/mol. The van der Waals surface area contributed by atoms with E-state index < -0.39 is 0 Å². The van der Waals surface area contributed by atoms with E-state index in [1.807, 2.05) is 0 Å². The number of hydrogen-bond acceptors (Lipinski definition) is 2. The van der Waals surface area contributed by atoms with E-state index in [4.69, 9.17) is 11.6 Å². The van der Waals surface area contributed by atoms with Gasteiger partial charge in [0, 0.05) is 28.7 Å². The summed E-state index contributed by atoms with van der Waals surface area (Å²) >= 11 is 9.32. The SMILES string of the molecule is O=C(NC1CCN2CCCCC12)c1ccc(Cl)c(Br)c1. The van der Waals surface area contributed by atoms with Crippen LogP contribution in [-0.2, 0) is 0 Å². The molecule has 0 bridgehead atoms. The van der Waals surface area contributed by atoms with Gasteiger partial charge < -0.3 is 5.32 Å². The van der Waals surface area contributed by atoms with Crippen molar-refractivity contribution in [2.45, 2.75) is 37.8 Å². The number of rotatable bonds is 2. The van der Waals surface area contributed by atoms with Crippen LogP contribution >= 0.6 is 27.5 Å². The van der Waals surface area contributed by atoms with Gasteiger partial charge in [0.05, 0.1) is 5.02 Å². The molecule has 1 aromatic rings. The summed E-state index contributed by atoms with van der Waals surface area (Å²) in [7, 11) is 0. The van der Waals surface area contributed by atoms with Crippen molar-refractivity contribution in [2.75, 3.05) is 13.1 Å². The molecular weight excluding hydrogens is 340 g/mol. The van der Waals surface area contributed by atoms with E-state index in [9.17, 15) is 4.79 Å². The van der Waals surface area contributed by atoms with Gasteiger partial charge in [-0.25, -0.2) is 0 Å². The average Bonchev–Trinajstić information content (AvgIpc) is 2.85. The number of hydrogen-bond donors (Lipinski definition) is 1. The highest BCUT2D eigenvalue weighted by Crippen LogP contribution is 2.28. The normalized spacial score (nSPS) is 26.3. The molecule has 5 heteroatoms. The number of fused-ring (bicyclic) bond motifs is 1. The van der Waals surface area contributed by atoms with Gasteiger partial charge >= 0.3 is 0 Å². The molecule has 0 aliphatic carbocycles. The lowest BCUT2D eigenvalue weighted by molar-refractivity contribution is 0.0915. The number of amides is 1. The summed E-state index contributed by atoms with van der Waals surface area (Å²) in [6, 6.07) is 6.13. The lowest BCUT2D eigenvalue weighted by Gasteiger charge is -2.32. The quantitative estimate of drug-likeness (QED) is 0.879. The van der Waals surface area contributed by atoms with Gasteiger partial charge in [-0.15, -0.1) is 0 Å². The number of nitrogens with one attached hydrogen (secondary N) is 1. The van der Waals surface area contributed by atoms with Crippen LogP contribution in [0.4, 0.5) is 0 Å². The number of nitrogens with zero attached hydrogens (tertiary/aromatic N) is 1. The van der Waals surface area contributed by atoms with Gasteiger partial charge in [0.15, 0.2) is 0 Å². The molecule has 2 aliphatic heterocycles. The van der Waals surface area contributed by atoms with Crippen LogP contribution in [-0.4, -0.2) is 36.0 Å². The zero-order chi connectivity index (χ0) is 14.1. The van der Waals surface area contributed by atoms with Crippen molar-refractivity contribution in [2.24, 2.45) is 0 Å². The molecule has 108 valence electrons. The highest BCUT2D eigenvalue weighted by atomic mass is 79.9. The van der Waals surface area contributed by atoms with E-state index in [0.717, 1.165) is 17.4 Å². The van der Waals surface area contributed by atoms with Crippen molar-refractivity contribution >= 4 is 33.4 Å². The third-order valence-electron chi connectivity index (χ3n) is 4.35. The molecule has 0 radical (unpaired) electrons. The molecule has 3 rings (SSSR count). The zero-order valence-electron chi connectivity index (χ0n) is 11.2. The Balaban J connectivity index is 1.68. The maximum absolute atomic E-state index is 12.3. The van der Waals surface area contributed by atoms with E-state index in [0.29, 0.717) is 16.6 Å². The second-order valence-electron chi connectivity index (χ2n) is 5.60. The van der Waals surface area contributed by atoms with E-state index in [1.165, 1.54) is 25.8 Å². The zero-order valence-corrected chi connectivity index (χ0v) is 13.6.